The molecule has 0 fully saturated rings. The Hall–Kier alpha value is -3.65. The van der Waals surface area contributed by atoms with Gasteiger partial charge in [-0.05, 0) is 29.8 Å². The molecule has 5 rings (SSSR count). The number of hydrogen-bond donors (Lipinski definition) is 2. The first kappa shape index (κ1) is 19.3. The average molecular weight is 431 g/mol. The molecule has 1 aliphatic rings. The molecule has 0 bridgehead atoms. The zero-order valence-corrected chi connectivity index (χ0v) is 17.1. The van der Waals surface area contributed by atoms with Gasteiger partial charge in [0.15, 0.2) is 5.82 Å². The largest absolute Gasteiger partial charge is 0.325 e. The van der Waals surface area contributed by atoms with Gasteiger partial charge in [-0.3, -0.25) is 4.79 Å². The molecule has 1 aromatic heterocycles. The first-order chi connectivity index (χ1) is 15.2. The number of amides is 1. The summed E-state index contributed by atoms with van der Waals surface area (Å²) in [6.07, 6.45) is 0. The van der Waals surface area contributed by atoms with Crippen LogP contribution in [0.5, 0.6) is 0 Å². The molecule has 2 N–H and O–H groups in total. The number of carbonyl (C=O) groups is 1. The minimum atomic E-state index is -0.507. The van der Waals surface area contributed by atoms with Crippen molar-refractivity contribution in [3.63, 3.8) is 0 Å². The molecule has 0 spiro atoms. The Morgan fingerprint density at radius 3 is 2.32 bits per heavy atom. The summed E-state index contributed by atoms with van der Waals surface area (Å²) in [5.41, 5.74) is 5.87. The lowest BCUT2D eigenvalue weighted by molar-refractivity contribution is -0.116. The predicted octanol–water partition coefficient (Wildman–Crippen LogP) is 4.48. The van der Waals surface area contributed by atoms with Crippen LogP contribution in [0.2, 0.25) is 0 Å². The van der Waals surface area contributed by atoms with Crippen LogP contribution >= 0.6 is 11.8 Å². The van der Waals surface area contributed by atoms with Crippen molar-refractivity contribution in [1.29, 1.82) is 0 Å². The second-order valence-electron chi connectivity index (χ2n) is 7.06. The fraction of sp³-hybridized carbons (Fsp3) is 0.0870. The third-order valence-electron chi connectivity index (χ3n) is 5.00. The van der Waals surface area contributed by atoms with E-state index in [0.717, 1.165) is 11.1 Å². The molecule has 0 aliphatic carbocycles. The summed E-state index contributed by atoms with van der Waals surface area (Å²) >= 11 is 1.35. The normalized spacial score (nSPS) is 17.5. The van der Waals surface area contributed by atoms with Gasteiger partial charge in [0.25, 0.3) is 0 Å². The zero-order chi connectivity index (χ0) is 21.2. The first-order valence-electron chi connectivity index (χ1n) is 9.74. The number of thioether (sulfide) groups is 1. The van der Waals surface area contributed by atoms with Crippen LogP contribution in [0, 0.1) is 5.82 Å². The third-order valence-corrected chi connectivity index (χ3v) is 6.21. The van der Waals surface area contributed by atoms with Gasteiger partial charge in [-0.25, -0.2) is 9.07 Å². The molecule has 0 radical (unpaired) electrons. The number of carbonyl (C=O) groups excluding carboxylic acids is 1. The fourth-order valence-electron chi connectivity index (χ4n) is 3.49. The van der Waals surface area contributed by atoms with Gasteiger partial charge in [0.1, 0.15) is 11.1 Å². The number of benzene rings is 3. The van der Waals surface area contributed by atoms with Crippen molar-refractivity contribution in [2.45, 2.75) is 16.4 Å². The minimum absolute atomic E-state index is 0.200. The monoisotopic (exact) mass is 431 g/mol. The number of nitrogens with one attached hydrogen (secondary N) is 2. The highest BCUT2D eigenvalue weighted by molar-refractivity contribution is 8.00. The van der Waals surface area contributed by atoms with Crippen molar-refractivity contribution in [2.24, 2.45) is 0 Å². The van der Waals surface area contributed by atoms with E-state index in [1.54, 1.807) is 12.1 Å². The van der Waals surface area contributed by atoms with E-state index in [1.165, 1.54) is 23.9 Å². The molecule has 154 valence electrons. The summed E-state index contributed by atoms with van der Waals surface area (Å²) in [7, 11) is 0. The van der Waals surface area contributed by atoms with Crippen LogP contribution in [-0.4, -0.2) is 26.0 Å². The van der Waals surface area contributed by atoms with Gasteiger partial charge in [-0.15, -0.1) is 10.2 Å². The Kier molecular flexibility index (Phi) is 5.13. The summed E-state index contributed by atoms with van der Waals surface area (Å²) in [5.74, 6) is 0.130. The Morgan fingerprint density at radius 2 is 1.61 bits per heavy atom. The van der Waals surface area contributed by atoms with E-state index < -0.39 is 5.25 Å². The maximum absolute atomic E-state index is 13.2. The summed E-state index contributed by atoms with van der Waals surface area (Å²) < 4.78 is 15.1. The molecule has 2 heterocycles. The number of aromatic nitrogens is 3. The molecule has 4 aromatic rings. The second kappa shape index (κ2) is 8.23. The van der Waals surface area contributed by atoms with E-state index >= 15 is 0 Å². The van der Waals surface area contributed by atoms with Gasteiger partial charge in [-0.1, -0.05) is 72.4 Å². The van der Waals surface area contributed by atoms with Crippen LogP contribution in [0.15, 0.2) is 90.1 Å². The van der Waals surface area contributed by atoms with E-state index in [4.69, 9.17) is 0 Å². The molecule has 31 heavy (non-hydrogen) atoms. The number of anilines is 1. The highest BCUT2D eigenvalue weighted by Crippen LogP contribution is 2.38. The third kappa shape index (κ3) is 3.89. The maximum Gasteiger partial charge on any atom is 0.240 e. The lowest BCUT2D eigenvalue weighted by atomic mass is 10.0. The SMILES string of the molecule is O=C(Nc1ccc(F)cc1)[C@H]1Sc2nnc(-c3ccccc3)n2N[C@H]1c1ccccc1. The molecule has 1 aliphatic heterocycles. The number of halogens is 1. The molecule has 0 saturated heterocycles. The van der Waals surface area contributed by atoms with Crippen molar-refractivity contribution >= 4 is 23.4 Å². The molecule has 0 saturated carbocycles. The van der Waals surface area contributed by atoms with Crippen LogP contribution in [0.1, 0.15) is 11.6 Å². The van der Waals surface area contributed by atoms with Crippen molar-refractivity contribution in [1.82, 2.24) is 14.9 Å². The van der Waals surface area contributed by atoms with Crippen LogP contribution in [0.4, 0.5) is 10.1 Å². The molecular formula is C23H18FN5OS. The predicted molar refractivity (Wildman–Crippen MR) is 119 cm³/mol. The highest BCUT2D eigenvalue weighted by Gasteiger charge is 2.38. The van der Waals surface area contributed by atoms with Crippen LogP contribution in [0.25, 0.3) is 11.4 Å². The number of nitrogens with zero attached hydrogens (tertiary/aromatic N) is 3. The molecular weight excluding hydrogens is 413 g/mol. The van der Waals surface area contributed by atoms with Gasteiger partial charge in [-0.2, -0.15) is 0 Å². The van der Waals surface area contributed by atoms with E-state index in [9.17, 15) is 9.18 Å². The van der Waals surface area contributed by atoms with E-state index in [1.807, 2.05) is 65.3 Å². The van der Waals surface area contributed by atoms with Gasteiger partial charge >= 0.3 is 0 Å². The van der Waals surface area contributed by atoms with Crippen molar-refractivity contribution < 1.29 is 9.18 Å². The minimum Gasteiger partial charge on any atom is -0.325 e. The molecule has 3 aromatic carbocycles. The van der Waals surface area contributed by atoms with E-state index in [-0.39, 0.29) is 17.8 Å². The van der Waals surface area contributed by atoms with Gasteiger partial charge in [0.2, 0.25) is 11.1 Å². The summed E-state index contributed by atoms with van der Waals surface area (Å²) in [4.78, 5) is 13.2. The molecule has 1 amide bonds. The standard InChI is InChI=1S/C23H18FN5OS/c24-17-11-13-18(14-12-17)25-22(30)20-19(15-7-3-1-4-8-15)28-29-21(26-27-23(29)31-20)16-9-5-2-6-10-16/h1-14,19-20,28H,(H,25,30)/t19-,20-/m0/s1. The first-order valence-corrected chi connectivity index (χ1v) is 10.6. The van der Waals surface area contributed by atoms with Crippen molar-refractivity contribution in [2.75, 3.05) is 10.7 Å². The zero-order valence-electron chi connectivity index (χ0n) is 16.3. The van der Waals surface area contributed by atoms with E-state index in [2.05, 4.69) is 20.9 Å². The van der Waals surface area contributed by atoms with Gasteiger partial charge < -0.3 is 10.7 Å². The second-order valence-corrected chi connectivity index (χ2v) is 8.17. The highest BCUT2D eigenvalue weighted by atomic mass is 32.2. The number of hydrogen-bond acceptors (Lipinski definition) is 5. The summed E-state index contributed by atoms with van der Waals surface area (Å²) in [6.45, 7) is 0. The van der Waals surface area contributed by atoms with Gasteiger partial charge in [0.05, 0.1) is 6.04 Å². The summed E-state index contributed by atoms with van der Waals surface area (Å²) in [5, 5.41) is 11.6. The lowest BCUT2D eigenvalue weighted by Gasteiger charge is -2.33. The Labute approximate surface area is 182 Å². The van der Waals surface area contributed by atoms with Crippen molar-refractivity contribution in [3.05, 3.63) is 96.3 Å². The quantitative estimate of drug-likeness (QED) is 0.498. The molecule has 6 nitrogen and oxygen atoms in total. The Morgan fingerprint density at radius 1 is 0.935 bits per heavy atom. The molecule has 0 unspecified atom stereocenters. The van der Waals surface area contributed by atoms with Gasteiger partial charge in [0, 0.05) is 11.3 Å². The van der Waals surface area contributed by atoms with Crippen LogP contribution in [0.3, 0.4) is 0 Å². The maximum atomic E-state index is 13.2. The molecule has 8 heteroatoms. The average Bonchev–Trinajstić information content (AvgIpc) is 3.24. The van der Waals surface area contributed by atoms with Crippen LogP contribution in [-0.2, 0) is 4.79 Å². The van der Waals surface area contributed by atoms with E-state index in [0.29, 0.717) is 16.7 Å². The van der Waals surface area contributed by atoms with Crippen LogP contribution < -0.4 is 10.7 Å². The smallest absolute Gasteiger partial charge is 0.240 e. The number of rotatable bonds is 4. The number of fused-ring (bicyclic) bond motifs is 1. The molecule has 2 atom stereocenters. The fourth-order valence-corrected chi connectivity index (χ4v) is 4.57. The Balaban J connectivity index is 1.50. The summed E-state index contributed by atoms with van der Waals surface area (Å²) in [6, 6.07) is 25.0. The van der Waals surface area contributed by atoms with Crippen molar-refractivity contribution in [3.8, 4) is 11.4 Å². The lowest BCUT2D eigenvalue weighted by Crippen LogP contribution is -2.41. The topological polar surface area (TPSA) is 71.8 Å². The Bertz CT molecular complexity index is 1200.